The number of nitrogens with zero attached hydrogens (tertiary/aromatic N) is 1. The van der Waals surface area contributed by atoms with E-state index in [1.165, 1.54) is 18.2 Å². The number of aromatic amines is 1. The molecule has 2 aromatic rings. The lowest BCUT2D eigenvalue weighted by Gasteiger charge is -1.99. The lowest BCUT2D eigenvalue weighted by Crippen LogP contribution is -1.93. The number of halogens is 1. The van der Waals surface area contributed by atoms with Crippen LogP contribution in [0.25, 0.3) is 11.5 Å². The van der Waals surface area contributed by atoms with Gasteiger partial charge in [0, 0.05) is 5.56 Å². The first-order valence-electron chi connectivity index (χ1n) is 3.99. The number of rotatable bonds is 1. The van der Waals surface area contributed by atoms with E-state index >= 15 is 0 Å². The number of H-pyrrole nitrogens is 1. The standard InChI is InChI=1S/C9H7FN2O2/c1-5-4-6(10)2-3-7(5)8-11-12-9(13)14-8/h2-4H,1H3,(H,12,13). The van der Waals surface area contributed by atoms with Crippen LogP contribution in [0.2, 0.25) is 0 Å². The van der Waals surface area contributed by atoms with Crippen molar-refractivity contribution in [1.29, 1.82) is 0 Å². The molecule has 0 aliphatic heterocycles. The number of aromatic nitrogens is 2. The highest BCUT2D eigenvalue weighted by Crippen LogP contribution is 2.20. The van der Waals surface area contributed by atoms with Gasteiger partial charge in [0.05, 0.1) is 0 Å². The molecular formula is C9H7FN2O2. The van der Waals surface area contributed by atoms with Gasteiger partial charge in [0.1, 0.15) is 5.82 Å². The van der Waals surface area contributed by atoms with E-state index in [1.807, 2.05) is 0 Å². The summed E-state index contributed by atoms with van der Waals surface area (Å²) in [5.41, 5.74) is 1.27. The zero-order valence-corrected chi connectivity index (χ0v) is 7.37. The lowest BCUT2D eigenvalue weighted by atomic mass is 10.1. The second-order valence-electron chi connectivity index (χ2n) is 2.88. The first-order valence-corrected chi connectivity index (χ1v) is 3.99. The molecule has 5 heteroatoms. The third kappa shape index (κ3) is 1.44. The molecule has 1 aromatic heterocycles. The van der Waals surface area contributed by atoms with Crippen LogP contribution < -0.4 is 5.76 Å². The maximum absolute atomic E-state index is 12.7. The molecule has 0 unspecified atom stereocenters. The molecule has 72 valence electrons. The highest BCUT2D eigenvalue weighted by Gasteiger charge is 2.08. The van der Waals surface area contributed by atoms with Crippen molar-refractivity contribution in [2.45, 2.75) is 6.92 Å². The van der Waals surface area contributed by atoms with Gasteiger partial charge in [0.2, 0.25) is 5.89 Å². The predicted molar refractivity (Wildman–Crippen MR) is 47.3 cm³/mol. The number of hydrogen-bond acceptors (Lipinski definition) is 3. The largest absolute Gasteiger partial charge is 0.434 e. The molecular weight excluding hydrogens is 187 g/mol. The van der Waals surface area contributed by atoms with E-state index in [2.05, 4.69) is 10.2 Å². The van der Waals surface area contributed by atoms with E-state index in [-0.39, 0.29) is 11.7 Å². The summed E-state index contributed by atoms with van der Waals surface area (Å²) in [4.78, 5) is 10.7. The van der Waals surface area contributed by atoms with Crippen molar-refractivity contribution in [3.05, 3.63) is 40.1 Å². The SMILES string of the molecule is Cc1cc(F)ccc1-c1n[nH]c(=O)o1. The van der Waals surface area contributed by atoms with Gasteiger partial charge in [0.25, 0.3) is 0 Å². The molecule has 0 saturated carbocycles. The molecule has 1 aromatic carbocycles. The van der Waals surface area contributed by atoms with E-state index in [4.69, 9.17) is 4.42 Å². The summed E-state index contributed by atoms with van der Waals surface area (Å²) in [5.74, 6) is -0.777. The zero-order chi connectivity index (χ0) is 10.1. The lowest BCUT2D eigenvalue weighted by molar-refractivity contribution is 0.526. The predicted octanol–water partition coefficient (Wildman–Crippen LogP) is 1.48. The van der Waals surface area contributed by atoms with Gasteiger partial charge in [-0.3, -0.25) is 0 Å². The molecule has 0 spiro atoms. The molecule has 0 fully saturated rings. The number of nitrogens with one attached hydrogen (secondary N) is 1. The van der Waals surface area contributed by atoms with Crippen LogP contribution in [0.3, 0.4) is 0 Å². The maximum Gasteiger partial charge on any atom is 0.434 e. The highest BCUT2D eigenvalue weighted by molar-refractivity contribution is 5.57. The molecule has 0 bridgehead atoms. The fraction of sp³-hybridized carbons (Fsp3) is 0.111. The van der Waals surface area contributed by atoms with Crippen LogP contribution in [0.1, 0.15) is 5.56 Å². The summed E-state index contributed by atoms with van der Waals surface area (Å²) in [6.07, 6.45) is 0. The van der Waals surface area contributed by atoms with Crippen molar-refractivity contribution in [2.75, 3.05) is 0 Å². The summed E-state index contributed by atoms with van der Waals surface area (Å²) in [6, 6.07) is 4.16. The molecule has 0 atom stereocenters. The quantitative estimate of drug-likeness (QED) is 0.747. The van der Waals surface area contributed by atoms with Crippen molar-refractivity contribution < 1.29 is 8.81 Å². The van der Waals surface area contributed by atoms with Crippen molar-refractivity contribution >= 4 is 0 Å². The molecule has 0 radical (unpaired) electrons. The highest BCUT2D eigenvalue weighted by atomic mass is 19.1. The van der Waals surface area contributed by atoms with Crippen LogP contribution in [0, 0.1) is 12.7 Å². The number of benzene rings is 1. The van der Waals surface area contributed by atoms with Gasteiger partial charge in [-0.1, -0.05) is 0 Å². The van der Waals surface area contributed by atoms with E-state index in [1.54, 1.807) is 6.92 Å². The first-order chi connectivity index (χ1) is 6.66. The first kappa shape index (κ1) is 8.68. The van der Waals surface area contributed by atoms with Crippen LogP contribution in [0.15, 0.2) is 27.4 Å². The molecule has 14 heavy (non-hydrogen) atoms. The second kappa shape index (κ2) is 3.10. The Kier molecular flexibility index (Phi) is 1.92. The topological polar surface area (TPSA) is 58.9 Å². The molecule has 2 rings (SSSR count). The van der Waals surface area contributed by atoms with Gasteiger partial charge in [-0.15, -0.1) is 5.10 Å². The van der Waals surface area contributed by atoms with E-state index < -0.39 is 5.76 Å². The van der Waals surface area contributed by atoms with E-state index in [9.17, 15) is 9.18 Å². The summed E-state index contributed by atoms with van der Waals surface area (Å²) in [7, 11) is 0. The van der Waals surface area contributed by atoms with Gasteiger partial charge in [-0.05, 0) is 30.7 Å². The van der Waals surface area contributed by atoms with E-state index in [0.29, 0.717) is 11.1 Å². The van der Waals surface area contributed by atoms with Crippen LogP contribution in [-0.4, -0.2) is 10.2 Å². The van der Waals surface area contributed by atoms with Crippen molar-refractivity contribution in [1.82, 2.24) is 10.2 Å². The molecule has 1 heterocycles. The minimum Gasteiger partial charge on any atom is -0.388 e. The Bertz CT molecular complexity index is 516. The van der Waals surface area contributed by atoms with Gasteiger partial charge in [0.15, 0.2) is 0 Å². The van der Waals surface area contributed by atoms with Crippen LogP contribution >= 0.6 is 0 Å². The molecule has 0 aliphatic carbocycles. The molecule has 1 N–H and O–H groups in total. The molecule has 4 nitrogen and oxygen atoms in total. The third-order valence-electron chi connectivity index (χ3n) is 1.86. The summed E-state index contributed by atoms with van der Waals surface area (Å²) in [5, 5.41) is 5.79. The van der Waals surface area contributed by atoms with Crippen LogP contribution in [0.5, 0.6) is 0 Å². The Morgan fingerprint density at radius 2 is 2.29 bits per heavy atom. The van der Waals surface area contributed by atoms with Crippen molar-refractivity contribution in [2.24, 2.45) is 0 Å². The Morgan fingerprint density at radius 3 is 2.86 bits per heavy atom. The third-order valence-corrected chi connectivity index (χ3v) is 1.86. The van der Waals surface area contributed by atoms with Gasteiger partial charge in [-0.2, -0.15) is 0 Å². The minimum atomic E-state index is -0.622. The van der Waals surface area contributed by atoms with Gasteiger partial charge < -0.3 is 4.42 Å². The summed E-state index contributed by atoms with van der Waals surface area (Å²) in [6.45, 7) is 1.72. The van der Waals surface area contributed by atoms with E-state index in [0.717, 1.165) is 0 Å². The Labute approximate surface area is 78.4 Å². The van der Waals surface area contributed by atoms with Gasteiger partial charge in [-0.25, -0.2) is 14.3 Å². The van der Waals surface area contributed by atoms with Crippen molar-refractivity contribution in [3.8, 4) is 11.5 Å². The maximum atomic E-state index is 12.7. The summed E-state index contributed by atoms with van der Waals surface area (Å²) >= 11 is 0. The van der Waals surface area contributed by atoms with Crippen LogP contribution in [-0.2, 0) is 0 Å². The second-order valence-corrected chi connectivity index (χ2v) is 2.88. The monoisotopic (exact) mass is 194 g/mol. The number of hydrogen-bond donors (Lipinski definition) is 1. The smallest absolute Gasteiger partial charge is 0.388 e. The Morgan fingerprint density at radius 1 is 1.50 bits per heavy atom. The number of aryl methyl sites for hydroxylation is 1. The Hall–Kier alpha value is -1.91. The molecule has 0 saturated heterocycles. The average molecular weight is 194 g/mol. The normalized spacial score (nSPS) is 10.4. The molecule has 0 aliphatic rings. The Balaban J connectivity index is 2.57. The van der Waals surface area contributed by atoms with Gasteiger partial charge >= 0.3 is 5.76 Å². The zero-order valence-electron chi connectivity index (χ0n) is 7.37. The molecule has 0 amide bonds. The fourth-order valence-corrected chi connectivity index (χ4v) is 1.21. The fourth-order valence-electron chi connectivity index (χ4n) is 1.21. The van der Waals surface area contributed by atoms with Crippen LogP contribution in [0.4, 0.5) is 4.39 Å². The summed E-state index contributed by atoms with van der Waals surface area (Å²) < 4.78 is 17.5. The average Bonchev–Trinajstić information content (AvgIpc) is 2.51. The van der Waals surface area contributed by atoms with Crippen molar-refractivity contribution in [3.63, 3.8) is 0 Å². The minimum absolute atomic E-state index is 0.174.